The molecule has 1 fully saturated rings. The highest BCUT2D eigenvalue weighted by Gasteiger charge is 2.21. The first-order chi connectivity index (χ1) is 7.75. The molecule has 0 aliphatic heterocycles. The molecule has 1 aliphatic rings. The third-order valence-corrected chi connectivity index (χ3v) is 3.51. The number of hydrogen-bond acceptors (Lipinski definition) is 2. The number of rotatable bonds is 2. The van der Waals surface area contributed by atoms with E-state index in [1.807, 2.05) is 0 Å². The summed E-state index contributed by atoms with van der Waals surface area (Å²) in [6.45, 7) is 0. The van der Waals surface area contributed by atoms with Crippen molar-refractivity contribution in [2.24, 2.45) is 0 Å². The summed E-state index contributed by atoms with van der Waals surface area (Å²) in [6.07, 6.45) is 6.97. The van der Waals surface area contributed by atoms with Crippen LogP contribution in [-0.2, 0) is 0 Å². The van der Waals surface area contributed by atoms with Crippen LogP contribution in [0.1, 0.15) is 32.1 Å². The second-order valence-electron chi connectivity index (χ2n) is 4.27. The van der Waals surface area contributed by atoms with Crippen LogP contribution in [0.5, 0.6) is 0 Å². The van der Waals surface area contributed by atoms with Gasteiger partial charge in [0.1, 0.15) is 11.6 Å². The van der Waals surface area contributed by atoms with Crippen LogP contribution in [0, 0.1) is 5.82 Å². The molecule has 2 unspecified atom stereocenters. The predicted molar refractivity (Wildman–Crippen MR) is 64.3 cm³/mol. The molecule has 1 aromatic heterocycles. The lowest BCUT2D eigenvalue weighted by molar-refractivity contribution is 0.613. The Morgan fingerprint density at radius 3 is 2.81 bits per heavy atom. The van der Waals surface area contributed by atoms with Crippen molar-refractivity contribution in [1.82, 2.24) is 4.98 Å². The molecular weight excluding hydrogens is 227 g/mol. The van der Waals surface area contributed by atoms with Crippen LogP contribution < -0.4 is 5.32 Å². The predicted octanol–water partition coefficient (Wildman–Crippen LogP) is 3.57. The first-order valence-corrected chi connectivity index (χ1v) is 6.21. The molecular formula is C12H16ClFN2. The first-order valence-electron chi connectivity index (χ1n) is 5.78. The Balaban J connectivity index is 1.99. The van der Waals surface area contributed by atoms with Gasteiger partial charge in [0.05, 0.1) is 11.6 Å². The van der Waals surface area contributed by atoms with E-state index in [0.29, 0.717) is 5.82 Å². The van der Waals surface area contributed by atoms with Crippen LogP contribution in [0.2, 0.25) is 0 Å². The summed E-state index contributed by atoms with van der Waals surface area (Å²) in [5, 5.41) is 3.44. The summed E-state index contributed by atoms with van der Waals surface area (Å²) in [5.74, 6) is 0.396. The van der Waals surface area contributed by atoms with E-state index in [4.69, 9.17) is 11.6 Å². The maximum Gasteiger partial charge on any atom is 0.141 e. The van der Waals surface area contributed by atoms with Crippen LogP contribution in [0.3, 0.4) is 0 Å². The van der Waals surface area contributed by atoms with E-state index >= 15 is 0 Å². The molecule has 1 heterocycles. The van der Waals surface area contributed by atoms with E-state index in [-0.39, 0.29) is 17.2 Å². The lowest BCUT2D eigenvalue weighted by atomic mass is 10.1. The fourth-order valence-corrected chi connectivity index (χ4v) is 2.42. The lowest BCUT2D eigenvalue weighted by Crippen LogP contribution is -2.29. The molecule has 1 aliphatic carbocycles. The van der Waals surface area contributed by atoms with Crippen LogP contribution in [0.25, 0.3) is 0 Å². The molecule has 0 amide bonds. The van der Waals surface area contributed by atoms with E-state index in [0.717, 1.165) is 12.8 Å². The van der Waals surface area contributed by atoms with Gasteiger partial charge in [-0.3, -0.25) is 0 Å². The van der Waals surface area contributed by atoms with Gasteiger partial charge in [-0.05, 0) is 25.0 Å². The van der Waals surface area contributed by atoms with E-state index in [2.05, 4.69) is 10.3 Å². The van der Waals surface area contributed by atoms with Gasteiger partial charge < -0.3 is 5.32 Å². The van der Waals surface area contributed by atoms with E-state index in [1.165, 1.54) is 31.5 Å². The Morgan fingerprint density at radius 1 is 1.25 bits per heavy atom. The monoisotopic (exact) mass is 242 g/mol. The smallest absolute Gasteiger partial charge is 0.141 e. The van der Waals surface area contributed by atoms with Gasteiger partial charge >= 0.3 is 0 Å². The molecule has 0 aromatic carbocycles. The van der Waals surface area contributed by atoms with Gasteiger partial charge in [0, 0.05) is 6.04 Å². The minimum Gasteiger partial charge on any atom is -0.366 e. The van der Waals surface area contributed by atoms with Gasteiger partial charge in [0.25, 0.3) is 0 Å². The molecule has 16 heavy (non-hydrogen) atoms. The Morgan fingerprint density at radius 2 is 2.06 bits per heavy atom. The van der Waals surface area contributed by atoms with Gasteiger partial charge in [0.15, 0.2) is 0 Å². The highest BCUT2D eigenvalue weighted by molar-refractivity contribution is 6.21. The van der Waals surface area contributed by atoms with Gasteiger partial charge in [-0.15, -0.1) is 11.6 Å². The highest BCUT2D eigenvalue weighted by atomic mass is 35.5. The Kier molecular flexibility index (Phi) is 3.99. The van der Waals surface area contributed by atoms with E-state index < -0.39 is 0 Å². The first kappa shape index (κ1) is 11.6. The standard InChI is InChI=1S/C12H16ClFN2/c13-10-4-2-1-3-5-11(10)16-12-7-6-9(14)8-15-12/h6-8,10-11H,1-5H2,(H,15,16). The topological polar surface area (TPSA) is 24.9 Å². The van der Waals surface area contributed by atoms with Gasteiger partial charge in [0.2, 0.25) is 0 Å². The molecule has 2 rings (SSSR count). The second-order valence-corrected chi connectivity index (χ2v) is 4.83. The van der Waals surface area contributed by atoms with Crippen LogP contribution in [0.15, 0.2) is 18.3 Å². The van der Waals surface area contributed by atoms with Crippen molar-refractivity contribution in [3.8, 4) is 0 Å². The SMILES string of the molecule is Fc1ccc(NC2CCCCCC2Cl)nc1. The number of halogens is 2. The number of aromatic nitrogens is 1. The van der Waals surface area contributed by atoms with E-state index in [1.54, 1.807) is 6.07 Å². The van der Waals surface area contributed by atoms with Gasteiger partial charge in [-0.1, -0.05) is 19.3 Å². The summed E-state index contributed by atoms with van der Waals surface area (Å²) in [5.41, 5.74) is 0. The summed E-state index contributed by atoms with van der Waals surface area (Å²) in [6, 6.07) is 3.32. The second kappa shape index (κ2) is 5.48. The molecule has 2 nitrogen and oxygen atoms in total. The maximum atomic E-state index is 12.7. The molecule has 4 heteroatoms. The summed E-state index contributed by atoms with van der Waals surface area (Å²) in [7, 11) is 0. The average molecular weight is 243 g/mol. The van der Waals surface area contributed by atoms with Crippen molar-refractivity contribution in [1.29, 1.82) is 0 Å². The fourth-order valence-electron chi connectivity index (χ4n) is 2.08. The summed E-state index contributed by atoms with van der Waals surface area (Å²) < 4.78 is 12.7. The average Bonchev–Trinajstić information content (AvgIpc) is 2.48. The Bertz CT molecular complexity index is 328. The largest absolute Gasteiger partial charge is 0.366 e. The van der Waals surface area contributed by atoms with Gasteiger partial charge in [-0.25, -0.2) is 9.37 Å². The van der Waals surface area contributed by atoms with Crippen molar-refractivity contribution in [3.05, 3.63) is 24.1 Å². The van der Waals surface area contributed by atoms with Crippen LogP contribution >= 0.6 is 11.6 Å². The number of alkyl halides is 1. The number of hydrogen-bond donors (Lipinski definition) is 1. The molecule has 1 N–H and O–H groups in total. The molecule has 0 saturated heterocycles. The third kappa shape index (κ3) is 3.08. The number of nitrogens with one attached hydrogen (secondary N) is 1. The summed E-state index contributed by atoms with van der Waals surface area (Å²) >= 11 is 6.30. The summed E-state index contributed by atoms with van der Waals surface area (Å²) in [4.78, 5) is 3.99. The molecule has 0 spiro atoms. The lowest BCUT2D eigenvalue weighted by Gasteiger charge is -2.21. The maximum absolute atomic E-state index is 12.7. The molecule has 0 bridgehead atoms. The Labute approximate surface area is 100 Å². The molecule has 88 valence electrons. The van der Waals surface area contributed by atoms with Crippen LogP contribution in [0.4, 0.5) is 10.2 Å². The number of anilines is 1. The molecule has 2 atom stereocenters. The van der Waals surface area contributed by atoms with Crippen LogP contribution in [-0.4, -0.2) is 16.4 Å². The van der Waals surface area contributed by atoms with Crippen molar-refractivity contribution < 1.29 is 4.39 Å². The number of nitrogens with zero attached hydrogens (tertiary/aromatic N) is 1. The zero-order valence-corrected chi connectivity index (χ0v) is 9.88. The van der Waals surface area contributed by atoms with E-state index in [9.17, 15) is 4.39 Å². The zero-order chi connectivity index (χ0) is 11.4. The van der Waals surface area contributed by atoms with Crippen molar-refractivity contribution in [2.75, 3.05) is 5.32 Å². The van der Waals surface area contributed by atoms with Crippen molar-refractivity contribution in [2.45, 2.75) is 43.5 Å². The fraction of sp³-hybridized carbons (Fsp3) is 0.583. The minimum atomic E-state index is -0.311. The quantitative estimate of drug-likeness (QED) is 0.634. The Hall–Kier alpha value is -0.830. The zero-order valence-electron chi connectivity index (χ0n) is 9.13. The normalized spacial score (nSPS) is 26.1. The third-order valence-electron chi connectivity index (χ3n) is 2.99. The van der Waals surface area contributed by atoms with Crippen molar-refractivity contribution in [3.63, 3.8) is 0 Å². The molecule has 1 saturated carbocycles. The molecule has 1 aromatic rings. The van der Waals surface area contributed by atoms with Crippen molar-refractivity contribution >= 4 is 17.4 Å². The molecule has 0 radical (unpaired) electrons. The number of pyridine rings is 1. The van der Waals surface area contributed by atoms with Gasteiger partial charge in [-0.2, -0.15) is 0 Å². The highest BCUT2D eigenvalue weighted by Crippen LogP contribution is 2.24. The minimum absolute atomic E-state index is 0.148.